The van der Waals surface area contributed by atoms with Crippen LogP contribution in [0, 0.1) is 0 Å². The van der Waals surface area contributed by atoms with E-state index in [2.05, 4.69) is 4.98 Å². The van der Waals surface area contributed by atoms with Crippen LogP contribution in [0.25, 0.3) is 5.52 Å². The molecule has 11 heavy (non-hydrogen) atoms. The first-order valence-electron chi connectivity index (χ1n) is 3.16. The van der Waals surface area contributed by atoms with Gasteiger partial charge in [-0.25, -0.2) is 4.98 Å². The lowest BCUT2D eigenvalue weighted by atomic mass is 10.4. The third-order valence-corrected chi connectivity index (χ3v) is 1.85. The molecule has 2 aromatic heterocycles. The lowest BCUT2D eigenvalue weighted by molar-refractivity contribution is 1.17. The van der Waals surface area contributed by atoms with Crippen LogP contribution in [0.5, 0.6) is 0 Å². The highest BCUT2D eigenvalue weighted by molar-refractivity contribution is 6.32. The van der Waals surface area contributed by atoms with Gasteiger partial charge in [0.15, 0.2) is 5.15 Å². The molecule has 0 saturated heterocycles. The van der Waals surface area contributed by atoms with Gasteiger partial charge in [0.25, 0.3) is 0 Å². The van der Waals surface area contributed by atoms with Gasteiger partial charge < -0.3 is 5.73 Å². The van der Waals surface area contributed by atoms with E-state index in [1.165, 1.54) is 0 Å². The van der Waals surface area contributed by atoms with Gasteiger partial charge >= 0.3 is 0 Å². The van der Waals surface area contributed by atoms with Crippen LogP contribution in [0.4, 0.5) is 5.82 Å². The summed E-state index contributed by atoms with van der Waals surface area (Å²) in [6.07, 6.45) is 1.60. The molecular formula is C7H6ClN3. The van der Waals surface area contributed by atoms with E-state index in [9.17, 15) is 0 Å². The molecule has 4 heteroatoms. The first-order valence-corrected chi connectivity index (χ1v) is 3.54. The molecule has 0 radical (unpaired) electrons. The van der Waals surface area contributed by atoms with Crippen LogP contribution in [0.3, 0.4) is 0 Å². The Morgan fingerprint density at radius 2 is 2.27 bits per heavy atom. The molecule has 0 aliphatic carbocycles. The molecule has 2 N–H and O–H groups in total. The molecule has 0 atom stereocenters. The quantitative estimate of drug-likeness (QED) is 0.647. The summed E-state index contributed by atoms with van der Waals surface area (Å²) in [6, 6.07) is 5.51. The molecule has 0 amide bonds. The van der Waals surface area contributed by atoms with Crippen molar-refractivity contribution in [2.24, 2.45) is 0 Å². The number of nitrogens with zero attached hydrogens (tertiary/aromatic N) is 2. The Bertz CT molecular complexity index is 393. The average Bonchev–Trinajstić information content (AvgIpc) is 2.35. The fourth-order valence-electron chi connectivity index (χ4n) is 1.01. The normalized spacial score (nSPS) is 10.6. The van der Waals surface area contributed by atoms with Crippen molar-refractivity contribution in [2.75, 3.05) is 5.73 Å². The van der Waals surface area contributed by atoms with Gasteiger partial charge in [-0.1, -0.05) is 17.7 Å². The van der Waals surface area contributed by atoms with Crippen molar-refractivity contribution in [3.63, 3.8) is 0 Å². The molecule has 0 fully saturated rings. The predicted octanol–water partition coefficient (Wildman–Crippen LogP) is 1.57. The SMILES string of the molecule is Nc1cccc2c(Cl)ncn12. The van der Waals surface area contributed by atoms with Crippen molar-refractivity contribution in [1.29, 1.82) is 0 Å². The molecule has 0 aliphatic heterocycles. The zero-order valence-electron chi connectivity index (χ0n) is 5.66. The molecular weight excluding hydrogens is 162 g/mol. The fraction of sp³-hybridized carbons (Fsp3) is 0. The van der Waals surface area contributed by atoms with E-state index in [0.29, 0.717) is 11.0 Å². The molecule has 0 unspecified atom stereocenters. The Labute approximate surface area is 68.4 Å². The maximum Gasteiger partial charge on any atom is 0.154 e. The summed E-state index contributed by atoms with van der Waals surface area (Å²) in [5.41, 5.74) is 6.47. The van der Waals surface area contributed by atoms with Gasteiger partial charge in [-0.15, -0.1) is 0 Å². The zero-order chi connectivity index (χ0) is 7.84. The van der Waals surface area contributed by atoms with Gasteiger partial charge in [0.2, 0.25) is 0 Å². The predicted molar refractivity (Wildman–Crippen MR) is 44.6 cm³/mol. The van der Waals surface area contributed by atoms with Crippen LogP contribution in [-0.2, 0) is 0 Å². The monoisotopic (exact) mass is 167 g/mol. The Morgan fingerprint density at radius 1 is 1.45 bits per heavy atom. The lowest BCUT2D eigenvalue weighted by Gasteiger charge is -1.96. The van der Waals surface area contributed by atoms with Crippen molar-refractivity contribution in [1.82, 2.24) is 9.38 Å². The highest BCUT2D eigenvalue weighted by Crippen LogP contribution is 2.17. The smallest absolute Gasteiger partial charge is 0.154 e. The number of hydrogen-bond acceptors (Lipinski definition) is 2. The fourth-order valence-corrected chi connectivity index (χ4v) is 1.21. The van der Waals surface area contributed by atoms with Crippen molar-refractivity contribution < 1.29 is 0 Å². The minimum absolute atomic E-state index is 0.484. The maximum atomic E-state index is 5.76. The highest BCUT2D eigenvalue weighted by atomic mass is 35.5. The second kappa shape index (κ2) is 2.13. The number of rotatable bonds is 0. The summed E-state index contributed by atoms with van der Waals surface area (Å²) in [4.78, 5) is 3.90. The Morgan fingerprint density at radius 3 is 3.00 bits per heavy atom. The number of nitrogens with two attached hydrogens (primary N) is 1. The minimum atomic E-state index is 0.484. The van der Waals surface area contributed by atoms with Gasteiger partial charge in [-0.2, -0.15) is 0 Å². The van der Waals surface area contributed by atoms with Crippen LogP contribution < -0.4 is 5.73 Å². The molecule has 3 nitrogen and oxygen atoms in total. The standard InChI is InChI=1S/C7H6ClN3/c8-7-5-2-1-3-6(9)11(5)4-10-7/h1-4H,9H2. The summed E-state index contributed by atoms with van der Waals surface area (Å²) < 4.78 is 1.74. The Kier molecular flexibility index (Phi) is 1.26. The average molecular weight is 168 g/mol. The largest absolute Gasteiger partial charge is 0.385 e. The molecule has 0 saturated carbocycles. The zero-order valence-corrected chi connectivity index (χ0v) is 6.42. The van der Waals surface area contributed by atoms with E-state index in [0.717, 1.165) is 5.52 Å². The molecule has 0 bridgehead atoms. The molecule has 2 rings (SSSR count). The number of hydrogen-bond donors (Lipinski definition) is 1. The first kappa shape index (κ1) is 6.49. The van der Waals surface area contributed by atoms with E-state index < -0.39 is 0 Å². The number of anilines is 1. The third kappa shape index (κ3) is 0.851. The molecule has 0 aliphatic rings. The van der Waals surface area contributed by atoms with E-state index in [-0.39, 0.29) is 0 Å². The van der Waals surface area contributed by atoms with Gasteiger partial charge in [-0.3, -0.25) is 4.40 Å². The summed E-state index contributed by atoms with van der Waals surface area (Å²) >= 11 is 5.76. The van der Waals surface area contributed by atoms with Crippen molar-refractivity contribution in [2.45, 2.75) is 0 Å². The molecule has 56 valence electrons. The number of nitrogen functional groups attached to an aromatic ring is 1. The Balaban J connectivity index is 2.94. The number of fused-ring (bicyclic) bond motifs is 1. The van der Waals surface area contributed by atoms with Gasteiger partial charge in [-0.05, 0) is 12.1 Å². The van der Waals surface area contributed by atoms with E-state index in [1.807, 2.05) is 12.1 Å². The summed E-state index contributed by atoms with van der Waals surface area (Å²) in [5.74, 6) is 0.641. The van der Waals surface area contributed by atoms with Crippen LogP contribution in [-0.4, -0.2) is 9.38 Å². The second-order valence-electron chi connectivity index (χ2n) is 2.24. The molecule has 0 aromatic carbocycles. The number of aromatic nitrogens is 2. The maximum absolute atomic E-state index is 5.76. The van der Waals surface area contributed by atoms with Crippen LogP contribution in [0.1, 0.15) is 0 Å². The number of imidazole rings is 1. The second-order valence-corrected chi connectivity index (χ2v) is 2.60. The van der Waals surface area contributed by atoms with Gasteiger partial charge in [0.05, 0.1) is 5.52 Å². The number of pyridine rings is 1. The van der Waals surface area contributed by atoms with Crippen molar-refractivity contribution >= 4 is 22.9 Å². The van der Waals surface area contributed by atoms with Gasteiger partial charge in [0.1, 0.15) is 12.1 Å². The minimum Gasteiger partial charge on any atom is -0.385 e. The lowest BCUT2D eigenvalue weighted by Crippen LogP contribution is -1.93. The van der Waals surface area contributed by atoms with Crippen LogP contribution in [0.15, 0.2) is 24.5 Å². The van der Waals surface area contributed by atoms with Gasteiger partial charge in [0, 0.05) is 0 Å². The van der Waals surface area contributed by atoms with E-state index in [1.54, 1.807) is 16.8 Å². The Hall–Kier alpha value is -1.22. The van der Waals surface area contributed by atoms with Crippen molar-refractivity contribution in [3.05, 3.63) is 29.7 Å². The summed E-state index contributed by atoms with van der Waals surface area (Å²) in [5, 5.41) is 0.484. The van der Waals surface area contributed by atoms with Crippen LogP contribution >= 0.6 is 11.6 Å². The molecule has 0 spiro atoms. The van der Waals surface area contributed by atoms with Crippen molar-refractivity contribution in [3.8, 4) is 0 Å². The molecule has 2 heterocycles. The van der Waals surface area contributed by atoms with E-state index >= 15 is 0 Å². The third-order valence-electron chi connectivity index (χ3n) is 1.56. The van der Waals surface area contributed by atoms with Crippen LogP contribution in [0.2, 0.25) is 5.15 Å². The summed E-state index contributed by atoms with van der Waals surface area (Å²) in [6.45, 7) is 0. The first-order chi connectivity index (χ1) is 5.29. The number of halogens is 1. The molecule has 2 aromatic rings. The van der Waals surface area contributed by atoms with E-state index in [4.69, 9.17) is 17.3 Å². The summed E-state index contributed by atoms with van der Waals surface area (Å²) in [7, 11) is 0. The highest BCUT2D eigenvalue weighted by Gasteiger charge is 2.00. The topological polar surface area (TPSA) is 43.3 Å².